The van der Waals surface area contributed by atoms with Crippen LogP contribution in [-0.2, 0) is 0 Å². The summed E-state index contributed by atoms with van der Waals surface area (Å²) >= 11 is 0. The maximum atomic E-state index is 14.0. The Morgan fingerprint density at radius 2 is 1.90 bits per heavy atom. The molecule has 2 unspecified atom stereocenters. The number of hydrogen-bond acceptors (Lipinski definition) is 2. The molecule has 0 radical (unpaired) electrons. The van der Waals surface area contributed by atoms with Crippen molar-refractivity contribution in [3.05, 3.63) is 34.9 Å². The molecule has 0 amide bonds. The van der Waals surface area contributed by atoms with Gasteiger partial charge in [0, 0.05) is 18.5 Å². The molecule has 4 heteroatoms. The van der Waals surface area contributed by atoms with E-state index >= 15 is 0 Å². The molecule has 0 spiro atoms. The SMILES string of the molecule is Cc1ccc(F)c(C(=O)CC2CC3CCC(C2)N3)c1F. The normalized spacial score (nSPS) is 28.6. The third kappa shape index (κ3) is 2.49. The Hall–Kier alpha value is -1.29. The molecule has 2 saturated heterocycles. The van der Waals surface area contributed by atoms with Gasteiger partial charge in [0.25, 0.3) is 0 Å². The van der Waals surface area contributed by atoms with E-state index < -0.39 is 17.4 Å². The Morgan fingerprint density at radius 1 is 1.25 bits per heavy atom. The molecule has 0 saturated carbocycles. The van der Waals surface area contributed by atoms with Gasteiger partial charge < -0.3 is 5.32 Å². The number of carbonyl (C=O) groups is 1. The molecule has 2 nitrogen and oxygen atoms in total. The van der Waals surface area contributed by atoms with Crippen LogP contribution in [0, 0.1) is 24.5 Å². The third-order valence-electron chi connectivity index (χ3n) is 4.61. The monoisotopic (exact) mass is 279 g/mol. The number of fused-ring (bicyclic) bond motifs is 2. The van der Waals surface area contributed by atoms with Gasteiger partial charge in [-0.3, -0.25) is 4.79 Å². The van der Waals surface area contributed by atoms with Crippen molar-refractivity contribution in [2.45, 2.75) is 51.1 Å². The van der Waals surface area contributed by atoms with Crippen LogP contribution in [0.5, 0.6) is 0 Å². The summed E-state index contributed by atoms with van der Waals surface area (Å²) in [5.74, 6) is -1.59. The first-order chi connectivity index (χ1) is 9.54. The van der Waals surface area contributed by atoms with Gasteiger partial charge in [0.05, 0.1) is 5.56 Å². The highest BCUT2D eigenvalue weighted by Gasteiger charge is 2.35. The van der Waals surface area contributed by atoms with Crippen LogP contribution >= 0.6 is 0 Å². The van der Waals surface area contributed by atoms with Crippen molar-refractivity contribution in [1.29, 1.82) is 0 Å². The molecule has 1 N–H and O–H groups in total. The number of nitrogens with one attached hydrogen (secondary N) is 1. The van der Waals surface area contributed by atoms with Crippen LogP contribution in [0.1, 0.15) is 48.0 Å². The molecule has 3 rings (SSSR count). The fourth-order valence-electron chi connectivity index (χ4n) is 3.62. The van der Waals surface area contributed by atoms with Crippen LogP contribution in [0.25, 0.3) is 0 Å². The second-order valence-corrected chi connectivity index (χ2v) is 6.16. The first-order valence-corrected chi connectivity index (χ1v) is 7.28. The van der Waals surface area contributed by atoms with Gasteiger partial charge in [-0.15, -0.1) is 0 Å². The summed E-state index contributed by atoms with van der Waals surface area (Å²) < 4.78 is 27.7. The zero-order chi connectivity index (χ0) is 14.3. The summed E-state index contributed by atoms with van der Waals surface area (Å²) in [6, 6.07) is 3.52. The zero-order valence-electron chi connectivity index (χ0n) is 11.6. The van der Waals surface area contributed by atoms with E-state index in [-0.39, 0.29) is 17.9 Å². The van der Waals surface area contributed by atoms with E-state index in [1.807, 2.05) is 0 Å². The maximum Gasteiger partial charge on any atom is 0.169 e. The van der Waals surface area contributed by atoms with Crippen LogP contribution in [0.2, 0.25) is 0 Å². The molecule has 2 heterocycles. The zero-order valence-corrected chi connectivity index (χ0v) is 11.6. The molecule has 2 aliphatic rings. The van der Waals surface area contributed by atoms with Crippen molar-refractivity contribution in [2.24, 2.45) is 5.92 Å². The molecule has 1 aromatic carbocycles. The molecule has 2 aliphatic heterocycles. The molecule has 0 aliphatic carbocycles. The lowest BCUT2D eigenvalue weighted by Crippen LogP contribution is -2.38. The topological polar surface area (TPSA) is 29.1 Å². The average molecular weight is 279 g/mol. The Labute approximate surface area is 117 Å². The highest BCUT2D eigenvalue weighted by molar-refractivity contribution is 5.97. The molecule has 2 bridgehead atoms. The van der Waals surface area contributed by atoms with Gasteiger partial charge in [-0.25, -0.2) is 8.78 Å². The van der Waals surface area contributed by atoms with E-state index in [2.05, 4.69) is 5.32 Å². The van der Waals surface area contributed by atoms with E-state index in [1.165, 1.54) is 12.1 Å². The number of halogens is 2. The van der Waals surface area contributed by atoms with E-state index in [1.54, 1.807) is 6.92 Å². The Bertz CT molecular complexity index is 532. The molecule has 0 aromatic heterocycles. The number of benzene rings is 1. The minimum absolute atomic E-state index is 0.251. The molecular weight excluding hydrogens is 260 g/mol. The number of piperidine rings is 1. The average Bonchev–Trinajstić information content (AvgIpc) is 2.74. The smallest absolute Gasteiger partial charge is 0.169 e. The Kier molecular flexibility index (Phi) is 3.59. The summed E-state index contributed by atoms with van der Waals surface area (Å²) in [6.45, 7) is 1.55. The van der Waals surface area contributed by atoms with E-state index in [4.69, 9.17) is 0 Å². The van der Waals surface area contributed by atoms with Crippen molar-refractivity contribution in [3.8, 4) is 0 Å². The largest absolute Gasteiger partial charge is 0.311 e. The highest BCUT2D eigenvalue weighted by Crippen LogP contribution is 2.33. The number of aryl methyl sites for hydroxylation is 1. The number of Topliss-reactive ketones (excluding diaryl/α,β-unsaturated/α-hetero) is 1. The van der Waals surface area contributed by atoms with E-state index in [9.17, 15) is 13.6 Å². The molecule has 20 heavy (non-hydrogen) atoms. The molecule has 1 aromatic rings. The number of hydrogen-bond donors (Lipinski definition) is 1. The lowest BCUT2D eigenvalue weighted by molar-refractivity contribution is 0.0937. The Balaban J connectivity index is 1.75. The number of rotatable bonds is 3. The predicted octanol–water partition coefficient (Wildman–Crippen LogP) is 3.38. The summed E-state index contributed by atoms with van der Waals surface area (Å²) in [5, 5.41) is 3.51. The second-order valence-electron chi connectivity index (χ2n) is 6.16. The van der Waals surface area contributed by atoms with Crippen LogP contribution in [-0.4, -0.2) is 17.9 Å². The van der Waals surface area contributed by atoms with Gasteiger partial charge in [0.2, 0.25) is 0 Å². The fraction of sp³-hybridized carbons (Fsp3) is 0.562. The molecule has 2 atom stereocenters. The number of carbonyl (C=O) groups excluding carboxylic acids is 1. The van der Waals surface area contributed by atoms with Crippen LogP contribution < -0.4 is 5.32 Å². The van der Waals surface area contributed by atoms with Gasteiger partial charge in [-0.05, 0) is 50.2 Å². The summed E-state index contributed by atoms with van der Waals surface area (Å²) in [7, 11) is 0. The fourth-order valence-corrected chi connectivity index (χ4v) is 3.62. The Morgan fingerprint density at radius 3 is 2.55 bits per heavy atom. The van der Waals surface area contributed by atoms with Gasteiger partial charge >= 0.3 is 0 Å². The summed E-state index contributed by atoms with van der Waals surface area (Å²) in [6.07, 6.45) is 4.45. The van der Waals surface area contributed by atoms with E-state index in [0.717, 1.165) is 25.7 Å². The molecule has 2 fully saturated rings. The molecule has 108 valence electrons. The third-order valence-corrected chi connectivity index (χ3v) is 4.61. The van der Waals surface area contributed by atoms with Crippen molar-refractivity contribution in [1.82, 2.24) is 5.32 Å². The highest BCUT2D eigenvalue weighted by atomic mass is 19.1. The van der Waals surface area contributed by atoms with Crippen molar-refractivity contribution in [2.75, 3.05) is 0 Å². The van der Waals surface area contributed by atoms with Crippen LogP contribution in [0.15, 0.2) is 12.1 Å². The van der Waals surface area contributed by atoms with Crippen molar-refractivity contribution in [3.63, 3.8) is 0 Å². The first kappa shape index (κ1) is 13.7. The first-order valence-electron chi connectivity index (χ1n) is 7.28. The lowest BCUT2D eigenvalue weighted by Gasteiger charge is -2.28. The van der Waals surface area contributed by atoms with Crippen molar-refractivity contribution < 1.29 is 13.6 Å². The van der Waals surface area contributed by atoms with E-state index in [0.29, 0.717) is 17.6 Å². The van der Waals surface area contributed by atoms with Gasteiger partial charge in [-0.1, -0.05) is 6.07 Å². The minimum Gasteiger partial charge on any atom is -0.311 e. The van der Waals surface area contributed by atoms with Crippen LogP contribution in [0.3, 0.4) is 0 Å². The van der Waals surface area contributed by atoms with Gasteiger partial charge in [0.15, 0.2) is 5.78 Å². The summed E-state index contributed by atoms with van der Waals surface area (Å²) in [5.41, 5.74) is -0.0315. The number of ketones is 1. The maximum absolute atomic E-state index is 14.0. The van der Waals surface area contributed by atoms with Crippen LogP contribution in [0.4, 0.5) is 8.78 Å². The second kappa shape index (κ2) is 5.24. The quantitative estimate of drug-likeness (QED) is 0.859. The standard InChI is InChI=1S/C16H19F2NO/c1-9-2-5-13(17)15(16(9)18)14(20)8-10-6-11-3-4-12(7-10)19-11/h2,5,10-12,19H,3-4,6-8H2,1H3. The minimum atomic E-state index is -0.741. The predicted molar refractivity (Wildman–Crippen MR) is 72.7 cm³/mol. The lowest BCUT2D eigenvalue weighted by atomic mass is 9.86. The van der Waals surface area contributed by atoms with Gasteiger partial charge in [-0.2, -0.15) is 0 Å². The summed E-state index contributed by atoms with van der Waals surface area (Å²) in [4.78, 5) is 12.2. The molecular formula is C16H19F2NO. The van der Waals surface area contributed by atoms with Gasteiger partial charge in [0.1, 0.15) is 11.6 Å². The van der Waals surface area contributed by atoms with Crippen molar-refractivity contribution >= 4 is 5.78 Å².